The van der Waals surface area contributed by atoms with Gasteiger partial charge in [-0.15, -0.1) is 0 Å². The minimum absolute atomic E-state index is 0.117. The van der Waals surface area contributed by atoms with Crippen LogP contribution < -0.4 is 14.8 Å². The van der Waals surface area contributed by atoms with Crippen LogP contribution in [0.15, 0.2) is 54.6 Å². The topological polar surface area (TPSA) is 35.1 Å². The minimum atomic E-state index is 0.117. The molecular formula is C19H24NO2+. The Morgan fingerprint density at radius 3 is 2.59 bits per heavy atom. The van der Waals surface area contributed by atoms with Crippen molar-refractivity contribution in [2.75, 3.05) is 13.2 Å². The quantitative estimate of drug-likeness (QED) is 0.831. The molecule has 116 valence electrons. The maximum absolute atomic E-state index is 6.05. The van der Waals surface area contributed by atoms with Crippen LogP contribution in [0.2, 0.25) is 0 Å². The molecule has 0 aliphatic carbocycles. The van der Waals surface area contributed by atoms with E-state index in [2.05, 4.69) is 42.6 Å². The molecule has 3 heteroatoms. The third-order valence-corrected chi connectivity index (χ3v) is 4.17. The fourth-order valence-corrected chi connectivity index (χ4v) is 2.78. The summed E-state index contributed by atoms with van der Waals surface area (Å²) < 4.78 is 11.8. The van der Waals surface area contributed by atoms with Gasteiger partial charge in [-0.1, -0.05) is 42.5 Å². The van der Waals surface area contributed by atoms with E-state index in [4.69, 9.17) is 9.47 Å². The average Bonchev–Trinajstić information content (AvgIpc) is 2.59. The fourth-order valence-electron chi connectivity index (χ4n) is 2.78. The molecule has 0 unspecified atom stereocenters. The van der Waals surface area contributed by atoms with Crippen molar-refractivity contribution >= 4 is 0 Å². The monoisotopic (exact) mass is 298 g/mol. The number of quaternary nitrogens is 1. The SMILES string of the molecule is C[C@@H]([NH2+]CCCc1ccccc1)[C@@H]1COc2ccccc2O1. The van der Waals surface area contributed by atoms with E-state index in [1.807, 2.05) is 24.3 Å². The zero-order valence-corrected chi connectivity index (χ0v) is 13.1. The lowest BCUT2D eigenvalue weighted by Gasteiger charge is -2.29. The lowest BCUT2D eigenvalue weighted by atomic mass is 10.1. The number of fused-ring (bicyclic) bond motifs is 1. The van der Waals surface area contributed by atoms with E-state index < -0.39 is 0 Å². The molecular weight excluding hydrogens is 274 g/mol. The molecule has 3 nitrogen and oxygen atoms in total. The Hall–Kier alpha value is -2.00. The van der Waals surface area contributed by atoms with Crippen LogP contribution in [-0.4, -0.2) is 25.3 Å². The molecule has 0 radical (unpaired) electrons. The van der Waals surface area contributed by atoms with Gasteiger partial charge in [-0.05, 0) is 31.0 Å². The van der Waals surface area contributed by atoms with Crippen LogP contribution in [0.3, 0.4) is 0 Å². The van der Waals surface area contributed by atoms with E-state index in [0.29, 0.717) is 12.6 Å². The van der Waals surface area contributed by atoms with Crippen LogP contribution in [0.4, 0.5) is 0 Å². The number of para-hydroxylation sites is 2. The van der Waals surface area contributed by atoms with Crippen LogP contribution in [0, 0.1) is 0 Å². The second-order valence-electron chi connectivity index (χ2n) is 5.89. The normalized spacial score (nSPS) is 18.0. The highest BCUT2D eigenvalue weighted by molar-refractivity contribution is 5.40. The van der Waals surface area contributed by atoms with Gasteiger partial charge in [-0.25, -0.2) is 0 Å². The molecule has 0 spiro atoms. The average molecular weight is 298 g/mol. The predicted octanol–water partition coefficient (Wildman–Crippen LogP) is 2.41. The summed E-state index contributed by atoms with van der Waals surface area (Å²) in [7, 11) is 0. The molecule has 0 amide bonds. The van der Waals surface area contributed by atoms with Gasteiger partial charge < -0.3 is 14.8 Å². The molecule has 0 aromatic heterocycles. The van der Waals surface area contributed by atoms with E-state index in [9.17, 15) is 0 Å². The summed E-state index contributed by atoms with van der Waals surface area (Å²) in [5.74, 6) is 1.72. The van der Waals surface area contributed by atoms with Crippen molar-refractivity contribution in [2.45, 2.75) is 31.9 Å². The highest BCUT2D eigenvalue weighted by atomic mass is 16.6. The van der Waals surface area contributed by atoms with Crippen LogP contribution in [0.1, 0.15) is 18.9 Å². The Kier molecular flexibility index (Phi) is 4.96. The van der Waals surface area contributed by atoms with Gasteiger partial charge in [0.15, 0.2) is 17.6 Å². The van der Waals surface area contributed by atoms with Crippen LogP contribution in [0.5, 0.6) is 11.5 Å². The highest BCUT2D eigenvalue weighted by Crippen LogP contribution is 2.31. The van der Waals surface area contributed by atoms with Crippen molar-refractivity contribution in [2.24, 2.45) is 0 Å². The highest BCUT2D eigenvalue weighted by Gasteiger charge is 2.27. The summed E-state index contributed by atoms with van der Waals surface area (Å²) in [6.07, 6.45) is 2.43. The third kappa shape index (κ3) is 3.80. The van der Waals surface area contributed by atoms with E-state index in [-0.39, 0.29) is 6.10 Å². The molecule has 0 saturated heterocycles. The predicted molar refractivity (Wildman–Crippen MR) is 87.4 cm³/mol. The Morgan fingerprint density at radius 2 is 1.77 bits per heavy atom. The van der Waals surface area contributed by atoms with E-state index in [0.717, 1.165) is 24.5 Å². The first-order valence-corrected chi connectivity index (χ1v) is 8.08. The lowest BCUT2D eigenvalue weighted by Crippen LogP contribution is -2.92. The van der Waals surface area contributed by atoms with Gasteiger partial charge in [0.05, 0.1) is 6.54 Å². The van der Waals surface area contributed by atoms with Gasteiger partial charge in [0, 0.05) is 6.42 Å². The van der Waals surface area contributed by atoms with Crippen LogP contribution >= 0.6 is 0 Å². The van der Waals surface area contributed by atoms with Gasteiger partial charge in [0.1, 0.15) is 12.6 Å². The smallest absolute Gasteiger partial charge is 0.184 e. The first-order valence-electron chi connectivity index (χ1n) is 8.08. The maximum Gasteiger partial charge on any atom is 0.184 e. The van der Waals surface area contributed by atoms with Gasteiger partial charge >= 0.3 is 0 Å². The molecule has 2 atom stereocenters. The number of hydrogen-bond acceptors (Lipinski definition) is 2. The molecule has 0 bridgehead atoms. The number of hydrogen-bond donors (Lipinski definition) is 1. The second kappa shape index (κ2) is 7.32. The van der Waals surface area contributed by atoms with Crippen molar-refractivity contribution in [3.8, 4) is 11.5 Å². The van der Waals surface area contributed by atoms with Crippen molar-refractivity contribution in [1.82, 2.24) is 0 Å². The van der Waals surface area contributed by atoms with Crippen molar-refractivity contribution in [1.29, 1.82) is 0 Å². The number of benzene rings is 2. The first kappa shape index (κ1) is 14.9. The molecule has 1 heterocycles. The van der Waals surface area contributed by atoms with Crippen molar-refractivity contribution < 1.29 is 14.8 Å². The number of aryl methyl sites for hydroxylation is 1. The molecule has 0 fully saturated rings. The zero-order chi connectivity index (χ0) is 15.2. The molecule has 0 saturated carbocycles. The second-order valence-corrected chi connectivity index (χ2v) is 5.89. The van der Waals surface area contributed by atoms with Crippen molar-refractivity contribution in [3.05, 3.63) is 60.2 Å². The molecule has 2 aromatic carbocycles. The molecule has 2 aromatic rings. The Bertz CT molecular complexity index is 585. The van der Waals surface area contributed by atoms with Gasteiger partial charge in [0.2, 0.25) is 0 Å². The Balaban J connectivity index is 1.42. The fraction of sp³-hybridized carbons (Fsp3) is 0.368. The summed E-state index contributed by atoms with van der Waals surface area (Å²) in [6, 6.07) is 18.9. The molecule has 1 aliphatic rings. The number of nitrogens with two attached hydrogens (primary N) is 1. The molecule has 1 aliphatic heterocycles. The summed E-state index contributed by atoms with van der Waals surface area (Å²) in [6.45, 7) is 3.95. The summed E-state index contributed by atoms with van der Waals surface area (Å²) in [5, 5.41) is 2.37. The molecule has 3 rings (SSSR count). The largest absolute Gasteiger partial charge is 0.486 e. The third-order valence-electron chi connectivity index (χ3n) is 4.17. The van der Waals surface area contributed by atoms with Crippen molar-refractivity contribution in [3.63, 3.8) is 0 Å². The molecule has 22 heavy (non-hydrogen) atoms. The zero-order valence-electron chi connectivity index (χ0n) is 13.1. The standard InChI is InChI=1S/C19H23NO2/c1-15(20-13-7-10-16-8-3-2-4-9-16)19-14-21-17-11-5-6-12-18(17)22-19/h2-6,8-9,11-12,15,19-20H,7,10,13-14H2,1H3/p+1/t15-,19+/m1/s1. The summed E-state index contributed by atoms with van der Waals surface area (Å²) in [4.78, 5) is 0. The maximum atomic E-state index is 6.05. The lowest BCUT2D eigenvalue weighted by molar-refractivity contribution is -0.692. The molecule has 2 N–H and O–H groups in total. The number of ether oxygens (including phenoxy) is 2. The van der Waals surface area contributed by atoms with Gasteiger partial charge in [-0.3, -0.25) is 0 Å². The van der Waals surface area contributed by atoms with Gasteiger partial charge in [0.25, 0.3) is 0 Å². The van der Waals surface area contributed by atoms with Crippen LogP contribution in [-0.2, 0) is 6.42 Å². The number of rotatable bonds is 6. The summed E-state index contributed by atoms with van der Waals surface area (Å²) in [5.41, 5.74) is 1.41. The van der Waals surface area contributed by atoms with E-state index in [1.165, 1.54) is 12.0 Å². The van der Waals surface area contributed by atoms with Crippen LogP contribution in [0.25, 0.3) is 0 Å². The Morgan fingerprint density at radius 1 is 1.05 bits per heavy atom. The summed E-state index contributed by atoms with van der Waals surface area (Å²) >= 11 is 0. The van der Waals surface area contributed by atoms with E-state index >= 15 is 0 Å². The minimum Gasteiger partial charge on any atom is -0.486 e. The van der Waals surface area contributed by atoms with E-state index in [1.54, 1.807) is 0 Å². The van der Waals surface area contributed by atoms with Gasteiger partial charge in [-0.2, -0.15) is 0 Å². The Labute approximate surface area is 132 Å². The first-order chi connectivity index (χ1) is 10.8.